The van der Waals surface area contributed by atoms with Crippen molar-refractivity contribution >= 4 is 5.97 Å². The predicted molar refractivity (Wildman–Crippen MR) is 98.4 cm³/mol. The van der Waals surface area contributed by atoms with Gasteiger partial charge in [-0.1, -0.05) is 37.6 Å². The molecule has 1 aromatic rings. The Bertz CT molecular complexity index is 737. The summed E-state index contributed by atoms with van der Waals surface area (Å²) in [6.45, 7) is 6.57. The fourth-order valence-corrected chi connectivity index (χ4v) is 5.00. The molecule has 0 saturated carbocycles. The highest BCUT2D eigenvalue weighted by atomic mass is 16.6. The third kappa shape index (κ3) is 2.66. The number of hydrogen-bond donors (Lipinski definition) is 0. The quantitative estimate of drug-likeness (QED) is 0.575. The van der Waals surface area contributed by atoms with Crippen molar-refractivity contribution in [1.82, 2.24) is 0 Å². The number of fused-ring (bicyclic) bond motifs is 1. The number of carbonyl (C=O) groups excluding carboxylic acids is 1. The van der Waals surface area contributed by atoms with Crippen molar-refractivity contribution in [3.8, 4) is 0 Å². The van der Waals surface area contributed by atoms with Gasteiger partial charge in [0, 0.05) is 25.9 Å². The molecule has 0 aromatic heterocycles. The summed E-state index contributed by atoms with van der Waals surface area (Å²) in [5, 5.41) is 0. The lowest BCUT2D eigenvalue weighted by atomic mass is 9.61. The second-order valence-corrected chi connectivity index (χ2v) is 7.84. The maximum absolute atomic E-state index is 11.7. The molecule has 26 heavy (non-hydrogen) atoms. The summed E-state index contributed by atoms with van der Waals surface area (Å²) in [7, 11) is 0. The molecule has 2 fully saturated rings. The first-order chi connectivity index (χ1) is 12.6. The second kappa shape index (κ2) is 6.73. The Morgan fingerprint density at radius 2 is 2.15 bits per heavy atom. The second-order valence-electron chi connectivity index (χ2n) is 7.84. The lowest BCUT2D eigenvalue weighted by Gasteiger charge is -2.57. The van der Waals surface area contributed by atoms with Crippen LogP contribution in [0.1, 0.15) is 69.9 Å². The first-order valence-electron chi connectivity index (χ1n) is 9.87. The van der Waals surface area contributed by atoms with E-state index in [9.17, 15) is 4.79 Å². The predicted octanol–water partition coefficient (Wildman–Crippen LogP) is 4.79. The average Bonchev–Trinajstić information content (AvgIpc) is 2.65. The molecule has 2 saturated heterocycles. The molecule has 4 heteroatoms. The van der Waals surface area contributed by atoms with Crippen molar-refractivity contribution in [2.24, 2.45) is 5.92 Å². The largest absolute Gasteiger partial charge is 0.483 e. The number of allylic oxidation sites excluding steroid dienone is 1. The van der Waals surface area contributed by atoms with Gasteiger partial charge < -0.3 is 14.2 Å². The van der Waals surface area contributed by atoms with Crippen molar-refractivity contribution in [2.45, 2.75) is 70.5 Å². The van der Waals surface area contributed by atoms with Gasteiger partial charge in [0.25, 0.3) is 0 Å². The van der Waals surface area contributed by atoms with Gasteiger partial charge in [-0.2, -0.15) is 0 Å². The topological polar surface area (TPSA) is 44.8 Å². The van der Waals surface area contributed by atoms with E-state index in [1.807, 2.05) is 0 Å². The number of rotatable bonds is 4. The molecule has 0 spiro atoms. The van der Waals surface area contributed by atoms with Gasteiger partial charge in [0.15, 0.2) is 0 Å². The molecular weight excluding hydrogens is 328 g/mol. The molecule has 4 aliphatic rings. The van der Waals surface area contributed by atoms with E-state index in [1.54, 1.807) is 0 Å². The van der Waals surface area contributed by atoms with Gasteiger partial charge in [0.05, 0.1) is 12.0 Å². The molecule has 3 aliphatic heterocycles. The Morgan fingerprint density at radius 3 is 2.92 bits per heavy atom. The molecule has 0 radical (unpaired) electrons. The highest BCUT2D eigenvalue weighted by Crippen LogP contribution is 2.60. The van der Waals surface area contributed by atoms with E-state index in [4.69, 9.17) is 14.2 Å². The molecule has 140 valence electrons. The summed E-state index contributed by atoms with van der Waals surface area (Å²) in [6, 6.07) is 8.53. The highest BCUT2D eigenvalue weighted by molar-refractivity contribution is 5.67. The van der Waals surface area contributed by atoms with E-state index < -0.39 is 5.60 Å². The number of hydrogen-bond acceptors (Lipinski definition) is 4. The van der Waals surface area contributed by atoms with E-state index in [-0.39, 0.29) is 18.0 Å². The first-order valence-corrected chi connectivity index (χ1v) is 9.87. The molecule has 4 unspecified atom stereocenters. The fourth-order valence-electron chi connectivity index (χ4n) is 5.00. The van der Waals surface area contributed by atoms with Crippen LogP contribution in [0.3, 0.4) is 0 Å². The molecule has 4 nitrogen and oxygen atoms in total. The molecule has 0 N–H and O–H groups in total. The Balaban J connectivity index is 1.86. The molecule has 1 aliphatic carbocycles. The van der Waals surface area contributed by atoms with Crippen LogP contribution in [0.4, 0.5) is 0 Å². The van der Waals surface area contributed by atoms with Crippen LogP contribution >= 0.6 is 0 Å². The normalized spacial score (nSPS) is 33.7. The van der Waals surface area contributed by atoms with E-state index in [0.29, 0.717) is 11.7 Å². The zero-order valence-electron chi connectivity index (χ0n) is 15.9. The van der Waals surface area contributed by atoms with Crippen molar-refractivity contribution in [3.05, 3.63) is 46.9 Å². The number of ether oxygens (including phenoxy) is 3. The molecule has 4 atom stereocenters. The van der Waals surface area contributed by atoms with Gasteiger partial charge in [-0.05, 0) is 37.3 Å². The summed E-state index contributed by atoms with van der Waals surface area (Å²) in [4.78, 5) is 11.7. The average molecular weight is 356 g/mol. The fraction of sp³-hybridized carbons (Fsp3) is 0.591. The smallest absolute Gasteiger partial charge is 0.307 e. The van der Waals surface area contributed by atoms with Crippen LogP contribution in [-0.2, 0) is 24.6 Å². The lowest BCUT2D eigenvalue weighted by molar-refractivity contribution is -0.191. The maximum Gasteiger partial charge on any atom is 0.307 e. The molecule has 0 amide bonds. The molecular formula is C22H28O4. The van der Waals surface area contributed by atoms with Gasteiger partial charge in [0.1, 0.15) is 17.1 Å². The van der Waals surface area contributed by atoms with Crippen LogP contribution in [0, 0.1) is 5.92 Å². The zero-order valence-corrected chi connectivity index (χ0v) is 15.9. The van der Waals surface area contributed by atoms with Gasteiger partial charge in [-0.25, -0.2) is 0 Å². The van der Waals surface area contributed by atoms with Crippen molar-refractivity contribution < 1.29 is 19.0 Å². The Morgan fingerprint density at radius 1 is 1.35 bits per heavy atom. The van der Waals surface area contributed by atoms with Crippen molar-refractivity contribution in [3.63, 3.8) is 0 Å². The first kappa shape index (κ1) is 17.6. The summed E-state index contributed by atoms with van der Waals surface area (Å²) < 4.78 is 18.6. The monoisotopic (exact) mass is 356 g/mol. The van der Waals surface area contributed by atoms with E-state index in [0.717, 1.165) is 44.5 Å². The number of esters is 1. The zero-order chi connectivity index (χ0) is 18.3. The van der Waals surface area contributed by atoms with Gasteiger partial charge in [0.2, 0.25) is 0 Å². The summed E-state index contributed by atoms with van der Waals surface area (Å²) >= 11 is 0. The highest BCUT2D eigenvalue weighted by Gasteiger charge is 2.59. The van der Waals surface area contributed by atoms with E-state index >= 15 is 0 Å². The van der Waals surface area contributed by atoms with Gasteiger partial charge in [-0.3, -0.25) is 4.79 Å². The standard InChI is InChI=1S/C22H28O4/c1-4-5-12-18(25-14(2)23)21-19-15-9-6-7-10-16(15)22(3,26-21)17-11-8-13-24-20(17)19/h6-7,9-10,17,19-20H,4-5,8,11-13H2,1-3H3/b21-18-. The van der Waals surface area contributed by atoms with Gasteiger partial charge >= 0.3 is 5.97 Å². The summed E-state index contributed by atoms with van der Waals surface area (Å²) in [5.74, 6) is 1.58. The molecule has 5 rings (SSSR count). The number of unbranched alkanes of at least 4 members (excludes halogenated alkanes) is 1. The third-order valence-electron chi connectivity index (χ3n) is 6.14. The summed E-state index contributed by atoms with van der Waals surface area (Å²) in [5.41, 5.74) is 2.10. The van der Waals surface area contributed by atoms with Crippen LogP contribution in [0.5, 0.6) is 0 Å². The Kier molecular flexibility index (Phi) is 4.55. The minimum Gasteiger partial charge on any atom is -0.483 e. The minimum atomic E-state index is -0.427. The molecule has 1 aromatic carbocycles. The van der Waals surface area contributed by atoms with E-state index in [2.05, 4.69) is 38.1 Å². The minimum absolute atomic E-state index is 0.0181. The van der Waals surface area contributed by atoms with Crippen LogP contribution in [0.2, 0.25) is 0 Å². The Labute approximate surface area is 155 Å². The van der Waals surface area contributed by atoms with Crippen LogP contribution in [-0.4, -0.2) is 18.7 Å². The van der Waals surface area contributed by atoms with Crippen molar-refractivity contribution in [1.29, 1.82) is 0 Å². The lowest BCUT2D eigenvalue weighted by Crippen LogP contribution is -2.57. The third-order valence-corrected chi connectivity index (χ3v) is 6.14. The summed E-state index contributed by atoms with van der Waals surface area (Å²) in [6.07, 6.45) is 5.00. The molecule has 3 heterocycles. The molecule has 2 bridgehead atoms. The van der Waals surface area contributed by atoms with Crippen LogP contribution in [0.15, 0.2) is 35.8 Å². The number of carbonyl (C=O) groups is 1. The van der Waals surface area contributed by atoms with Crippen LogP contribution in [0.25, 0.3) is 0 Å². The van der Waals surface area contributed by atoms with Gasteiger partial charge in [-0.15, -0.1) is 0 Å². The van der Waals surface area contributed by atoms with Crippen LogP contribution < -0.4 is 0 Å². The van der Waals surface area contributed by atoms with Crippen molar-refractivity contribution in [2.75, 3.05) is 6.61 Å². The SMILES string of the molecule is CCCC/C(OC(C)=O)=C1/OC2(C)c3ccccc3C1C1OCCCC12. The maximum atomic E-state index is 11.7. The Hall–Kier alpha value is -1.81. The number of benzene rings is 1. The van der Waals surface area contributed by atoms with E-state index in [1.165, 1.54) is 18.1 Å².